The number of ether oxygens (including phenoxy) is 3. The normalized spacial score (nSPS) is 24.3. The van der Waals surface area contributed by atoms with Crippen LogP contribution in [0.2, 0.25) is 0 Å². The highest BCUT2D eigenvalue weighted by atomic mass is 16.6. The van der Waals surface area contributed by atoms with Crippen molar-refractivity contribution in [2.45, 2.75) is 50.7 Å². The van der Waals surface area contributed by atoms with Crippen LogP contribution in [0.5, 0.6) is 0 Å². The summed E-state index contributed by atoms with van der Waals surface area (Å²) in [6.07, 6.45) is 5.34. The lowest BCUT2D eigenvalue weighted by Crippen LogP contribution is -2.24. The fourth-order valence-corrected chi connectivity index (χ4v) is 2.20. The molecule has 0 aromatic heterocycles. The number of methoxy groups -OCH3 is 1. The molecule has 0 aromatic carbocycles. The lowest BCUT2D eigenvalue weighted by Gasteiger charge is -2.24. The van der Waals surface area contributed by atoms with Crippen LogP contribution in [0.3, 0.4) is 0 Å². The van der Waals surface area contributed by atoms with Gasteiger partial charge in [-0.3, -0.25) is 0 Å². The van der Waals surface area contributed by atoms with Gasteiger partial charge in [0.15, 0.2) is 0 Å². The van der Waals surface area contributed by atoms with Crippen molar-refractivity contribution in [3.8, 4) is 0 Å². The number of aliphatic carboxylic acids is 1. The second-order valence-corrected chi connectivity index (χ2v) is 4.70. The molecular formula is C13H22O6. The Morgan fingerprint density at radius 1 is 1.00 bits per heavy atom. The van der Waals surface area contributed by atoms with E-state index in [9.17, 15) is 9.59 Å². The van der Waals surface area contributed by atoms with E-state index in [2.05, 4.69) is 4.74 Å². The zero-order valence-corrected chi connectivity index (χ0v) is 11.3. The summed E-state index contributed by atoms with van der Waals surface area (Å²) in [5.41, 5.74) is 0. The second kappa shape index (κ2) is 8.87. The summed E-state index contributed by atoms with van der Waals surface area (Å²) in [5, 5.41) is 8.57. The number of hydrogen-bond donors (Lipinski definition) is 1. The second-order valence-electron chi connectivity index (χ2n) is 4.70. The van der Waals surface area contributed by atoms with Gasteiger partial charge in [0.05, 0.1) is 19.3 Å². The van der Waals surface area contributed by atoms with Crippen molar-refractivity contribution in [2.75, 3.05) is 20.3 Å². The lowest BCUT2D eigenvalue weighted by atomic mass is 9.96. The van der Waals surface area contributed by atoms with Crippen molar-refractivity contribution in [3.63, 3.8) is 0 Å². The predicted octanol–water partition coefficient (Wildman–Crippen LogP) is 1.37. The first-order chi connectivity index (χ1) is 9.11. The molecule has 0 atom stereocenters. The van der Waals surface area contributed by atoms with Crippen LogP contribution in [0.25, 0.3) is 0 Å². The predicted molar refractivity (Wildman–Crippen MR) is 66.8 cm³/mol. The van der Waals surface area contributed by atoms with Crippen LogP contribution in [0, 0.1) is 0 Å². The molecule has 0 heterocycles. The maximum atomic E-state index is 11.0. The molecule has 1 saturated carbocycles. The summed E-state index contributed by atoms with van der Waals surface area (Å²) in [7, 11) is 1.34. The van der Waals surface area contributed by atoms with Gasteiger partial charge in [0, 0.05) is 0 Å². The Hall–Kier alpha value is -1.14. The summed E-state index contributed by atoms with van der Waals surface area (Å²) in [6.45, 7) is -0.229. The summed E-state index contributed by atoms with van der Waals surface area (Å²) in [6, 6.07) is 0. The maximum Gasteiger partial charge on any atom is 0.331 e. The molecule has 0 spiro atoms. The minimum atomic E-state index is -0.929. The van der Waals surface area contributed by atoms with Crippen molar-refractivity contribution in [1.29, 1.82) is 0 Å². The number of hydrogen-bond acceptors (Lipinski definition) is 5. The Morgan fingerprint density at radius 2 is 1.47 bits per heavy atom. The van der Waals surface area contributed by atoms with Gasteiger partial charge < -0.3 is 19.3 Å². The van der Waals surface area contributed by atoms with Gasteiger partial charge in [-0.15, -0.1) is 0 Å². The number of carboxylic acid groups (broad SMARTS) is 1. The van der Waals surface area contributed by atoms with Crippen LogP contribution < -0.4 is 0 Å². The zero-order chi connectivity index (χ0) is 14.1. The van der Waals surface area contributed by atoms with Gasteiger partial charge in [-0.25, -0.2) is 9.59 Å². The summed E-state index contributed by atoms with van der Waals surface area (Å²) >= 11 is 0. The fraction of sp³-hybridized carbons (Fsp3) is 0.846. The average Bonchev–Trinajstić information content (AvgIpc) is 2.35. The van der Waals surface area contributed by atoms with Gasteiger partial charge in [-0.05, 0) is 38.5 Å². The first-order valence-electron chi connectivity index (χ1n) is 6.63. The van der Waals surface area contributed by atoms with Gasteiger partial charge in [0.1, 0.15) is 13.2 Å². The third-order valence-electron chi connectivity index (χ3n) is 3.21. The van der Waals surface area contributed by atoms with E-state index in [1.54, 1.807) is 0 Å². The molecule has 0 bridgehead atoms. The molecule has 0 radical (unpaired) electrons. The summed E-state index contributed by atoms with van der Waals surface area (Å²) in [4.78, 5) is 21.4. The van der Waals surface area contributed by atoms with Crippen molar-refractivity contribution in [3.05, 3.63) is 0 Å². The highest BCUT2D eigenvalue weighted by molar-refractivity contribution is 5.70. The topological polar surface area (TPSA) is 82.1 Å². The third-order valence-corrected chi connectivity index (χ3v) is 3.21. The highest BCUT2D eigenvalue weighted by Crippen LogP contribution is 2.21. The largest absolute Gasteiger partial charge is 0.480 e. The first kappa shape index (κ1) is 15.9. The standard InChI is InChI=1S/C13H22O6/c1-17-13(16)9-19-11-6-2-4-10(5-3-7-11)18-8-12(14)15/h10-11H,2-9H2,1H3,(H,14,15). The van der Waals surface area contributed by atoms with Crippen LogP contribution >= 0.6 is 0 Å². The quantitative estimate of drug-likeness (QED) is 0.737. The van der Waals surface area contributed by atoms with Crippen LogP contribution in [-0.2, 0) is 23.8 Å². The van der Waals surface area contributed by atoms with E-state index in [4.69, 9.17) is 14.6 Å². The minimum absolute atomic E-state index is 0.000109. The van der Waals surface area contributed by atoms with Crippen molar-refractivity contribution in [2.24, 2.45) is 0 Å². The van der Waals surface area contributed by atoms with Gasteiger partial charge in [-0.2, -0.15) is 0 Å². The molecule has 1 rings (SSSR count). The van der Waals surface area contributed by atoms with Crippen molar-refractivity contribution < 1.29 is 28.9 Å². The van der Waals surface area contributed by atoms with Crippen LogP contribution in [0.1, 0.15) is 38.5 Å². The van der Waals surface area contributed by atoms with E-state index >= 15 is 0 Å². The maximum absolute atomic E-state index is 11.0. The van der Waals surface area contributed by atoms with Crippen molar-refractivity contribution in [1.82, 2.24) is 0 Å². The van der Waals surface area contributed by atoms with Crippen LogP contribution in [0.15, 0.2) is 0 Å². The third kappa shape index (κ3) is 7.12. The van der Waals surface area contributed by atoms with Gasteiger partial charge in [0.25, 0.3) is 0 Å². The van der Waals surface area contributed by atoms with Gasteiger partial charge in [-0.1, -0.05) is 0 Å². The molecule has 1 N–H and O–H groups in total. The molecular weight excluding hydrogens is 252 g/mol. The average molecular weight is 274 g/mol. The molecule has 0 aliphatic heterocycles. The molecule has 0 unspecified atom stereocenters. The Bertz CT molecular complexity index is 281. The minimum Gasteiger partial charge on any atom is -0.480 e. The number of carboxylic acids is 1. The summed E-state index contributed by atoms with van der Waals surface area (Å²) < 4.78 is 15.3. The smallest absolute Gasteiger partial charge is 0.331 e. The molecule has 1 aliphatic rings. The SMILES string of the molecule is COC(=O)COC1CCCC(OCC(=O)O)CCC1. The first-order valence-corrected chi connectivity index (χ1v) is 6.63. The van der Waals surface area contributed by atoms with E-state index < -0.39 is 5.97 Å². The van der Waals surface area contributed by atoms with Crippen molar-refractivity contribution >= 4 is 11.9 Å². The lowest BCUT2D eigenvalue weighted by molar-refractivity contribution is -0.148. The van der Waals surface area contributed by atoms with E-state index in [0.717, 1.165) is 38.5 Å². The van der Waals surface area contributed by atoms with E-state index in [1.807, 2.05) is 0 Å². The Labute approximate surface area is 113 Å². The Balaban J connectivity index is 2.22. The van der Waals surface area contributed by atoms with Gasteiger partial charge >= 0.3 is 11.9 Å². The number of esters is 1. The molecule has 0 saturated heterocycles. The Morgan fingerprint density at radius 3 is 1.89 bits per heavy atom. The van der Waals surface area contributed by atoms with Crippen LogP contribution in [0.4, 0.5) is 0 Å². The van der Waals surface area contributed by atoms with Crippen LogP contribution in [-0.4, -0.2) is 49.6 Å². The molecule has 110 valence electrons. The number of carbonyl (C=O) groups excluding carboxylic acids is 1. The molecule has 6 heteroatoms. The molecule has 1 aliphatic carbocycles. The molecule has 19 heavy (non-hydrogen) atoms. The molecule has 6 nitrogen and oxygen atoms in total. The van der Waals surface area contributed by atoms with E-state index in [0.29, 0.717) is 0 Å². The number of carbonyl (C=O) groups is 2. The zero-order valence-electron chi connectivity index (χ0n) is 11.3. The molecule has 1 fully saturated rings. The highest BCUT2D eigenvalue weighted by Gasteiger charge is 2.19. The van der Waals surface area contributed by atoms with E-state index in [1.165, 1.54) is 7.11 Å². The molecule has 0 aromatic rings. The van der Waals surface area contributed by atoms with E-state index in [-0.39, 0.29) is 31.4 Å². The molecule has 0 amide bonds. The van der Waals surface area contributed by atoms with Gasteiger partial charge in [0.2, 0.25) is 0 Å². The monoisotopic (exact) mass is 274 g/mol. The fourth-order valence-electron chi connectivity index (χ4n) is 2.20. The Kier molecular flexibility index (Phi) is 7.43. The number of rotatable bonds is 6. The summed E-state index contributed by atoms with van der Waals surface area (Å²) in [5.74, 6) is -1.29.